The molecule has 6 heterocycles. The van der Waals surface area contributed by atoms with Crippen molar-refractivity contribution in [3.63, 3.8) is 0 Å². The maximum absolute atomic E-state index is 13.2. The molecule has 15 nitrogen and oxygen atoms in total. The predicted molar refractivity (Wildman–Crippen MR) is 193 cm³/mol. The lowest BCUT2D eigenvalue weighted by Crippen LogP contribution is -2.58. The molecule has 2 aromatic heterocycles. The summed E-state index contributed by atoms with van der Waals surface area (Å²) in [6, 6.07) is 12.4. The average molecular weight is 726 g/mol. The molecule has 8 rings (SSSR count). The molecule has 16 heteroatoms. The molecule has 4 aliphatic heterocycles. The van der Waals surface area contributed by atoms with Crippen molar-refractivity contribution < 1.29 is 23.9 Å². The lowest BCUT2D eigenvalue weighted by Gasteiger charge is -2.48. The van der Waals surface area contributed by atoms with Crippen molar-refractivity contribution in [1.82, 2.24) is 30.1 Å². The summed E-state index contributed by atoms with van der Waals surface area (Å²) in [7, 11) is 3.15. The quantitative estimate of drug-likeness (QED) is 0.228. The van der Waals surface area contributed by atoms with Gasteiger partial charge in [0.05, 0.1) is 11.7 Å². The van der Waals surface area contributed by atoms with E-state index >= 15 is 0 Å². The molecular weight excluding hydrogens is 690 g/mol. The summed E-state index contributed by atoms with van der Waals surface area (Å²) in [4.78, 5) is 77.0. The molecule has 1 spiro atoms. The van der Waals surface area contributed by atoms with E-state index in [0.717, 1.165) is 49.2 Å². The molecular formula is C36H36ClN9O6. The van der Waals surface area contributed by atoms with Crippen LogP contribution in [0.15, 0.2) is 53.5 Å². The van der Waals surface area contributed by atoms with E-state index in [4.69, 9.17) is 21.3 Å². The van der Waals surface area contributed by atoms with Crippen molar-refractivity contribution in [3.05, 3.63) is 75.2 Å². The lowest BCUT2D eigenvalue weighted by molar-refractivity contribution is -0.137. The lowest BCUT2D eigenvalue weighted by atomic mass is 9.79. The number of pyridine rings is 1. The van der Waals surface area contributed by atoms with Crippen LogP contribution in [0, 0.1) is 5.41 Å². The first-order chi connectivity index (χ1) is 25.0. The molecule has 3 N–H and O–H groups in total. The molecule has 268 valence electrons. The van der Waals surface area contributed by atoms with Gasteiger partial charge in [-0.3, -0.25) is 29.3 Å². The number of hydrogen-bond acceptors (Lipinski definition) is 11. The topological polar surface area (TPSA) is 171 Å². The maximum atomic E-state index is 13.2. The van der Waals surface area contributed by atoms with Crippen LogP contribution in [-0.4, -0.2) is 88.9 Å². The Bertz CT molecular complexity index is 2240. The Morgan fingerprint density at radius 1 is 1.08 bits per heavy atom. The highest BCUT2D eigenvalue weighted by atomic mass is 35.5. The summed E-state index contributed by atoms with van der Waals surface area (Å²) >= 11 is 6.54. The number of likely N-dealkylation sites (N-methyl/N-ethyl adjacent to an activating group) is 1. The van der Waals surface area contributed by atoms with Crippen LogP contribution in [-0.2, 0) is 28.0 Å². The van der Waals surface area contributed by atoms with Gasteiger partial charge in [-0.25, -0.2) is 4.98 Å². The first-order valence-electron chi connectivity index (χ1n) is 17.0. The minimum Gasteiger partial charge on any atom is -0.478 e. The van der Waals surface area contributed by atoms with Gasteiger partial charge in [-0.2, -0.15) is 4.98 Å². The van der Waals surface area contributed by atoms with E-state index in [1.165, 1.54) is 11.6 Å². The summed E-state index contributed by atoms with van der Waals surface area (Å²) in [5, 5.41) is 9.19. The number of piperidine rings is 1. The summed E-state index contributed by atoms with van der Waals surface area (Å²) in [6.07, 6.45) is 3.14. The number of fused-ring (bicyclic) bond motifs is 2. The molecule has 4 aliphatic rings. The number of nitrogens with zero attached hydrogens (tertiary/aromatic N) is 6. The number of anilines is 4. The van der Waals surface area contributed by atoms with E-state index in [1.54, 1.807) is 24.2 Å². The third-order valence-electron chi connectivity index (χ3n) is 10.5. The Morgan fingerprint density at radius 2 is 1.88 bits per heavy atom. The van der Waals surface area contributed by atoms with Crippen LogP contribution in [0.5, 0.6) is 5.75 Å². The van der Waals surface area contributed by atoms with Crippen LogP contribution in [0.4, 0.5) is 23.1 Å². The van der Waals surface area contributed by atoms with E-state index in [1.807, 2.05) is 30.3 Å². The predicted octanol–water partition coefficient (Wildman–Crippen LogP) is 2.33. The summed E-state index contributed by atoms with van der Waals surface area (Å²) in [6.45, 7) is 3.35. The molecule has 4 amide bonds. The van der Waals surface area contributed by atoms with Crippen LogP contribution >= 0.6 is 11.6 Å². The zero-order valence-corrected chi connectivity index (χ0v) is 29.3. The first-order valence-corrected chi connectivity index (χ1v) is 17.4. The van der Waals surface area contributed by atoms with Crippen LogP contribution in [0.3, 0.4) is 0 Å². The molecule has 52 heavy (non-hydrogen) atoms. The number of amides is 4. The molecule has 3 fully saturated rings. The number of benzene rings is 2. The Morgan fingerprint density at radius 3 is 2.67 bits per heavy atom. The molecule has 1 atom stereocenters. The SMILES string of the molecule is CNC(=O)COc1cc2cc(Nc3nc(N4CC5(CCN(c6ccc7c(c6)CN(C6CCC(=O)NC6=O)C7=O)C5)C4)ncc3Cl)ccc2n(C)c1=O. The van der Waals surface area contributed by atoms with Gasteiger partial charge in [-0.1, -0.05) is 11.6 Å². The van der Waals surface area contributed by atoms with Gasteiger partial charge >= 0.3 is 0 Å². The normalized spacial score (nSPS) is 19.2. The summed E-state index contributed by atoms with van der Waals surface area (Å²) in [5.74, 6) is -0.156. The second-order valence-corrected chi connectivity index (χ2v) is 14.3. The van der Waals surface area contributed by atoms with Crippen molar-refractivity contribution in [2.45, 2.75) is 31.8 Å². The highest BCUT2D eigenvalue weighted by molar-refractivity contribution is 6.33. The Kier molecular flexibility index (Phi) is 8.24. The third-order valence-corrected chi connectivity index (χ3v) is 10.7. The van der Waals surface area contributed by atoms with Gasteiger partial charge in [0.25, 0.3) is 17.4 Å². The highest BCUT2D eigenvalue weighted by Gasteiger charge is 2.49. The van der Waals surface area contributed by atoms with E-state index in [-0.39, 0.29) is 47.5 Å². The Hall–Kier alpha value is -5.70. The van der Waals surface area contributed by atoms with Crippen molar-refractivity contribution in [2.24, 2.45) is 12.5 Å². The van der Waals surface area contributed by atoms with Gasteiger partial charge in [0.2, 0.25) is 17.8 Å². The van der Waals surface area contributed by atoms with Crippen molar-refractivity contribution >= 4 is 69.3 Å². The molecule has 2 aromatic carbocycles. The number of aromatic nitrogens is 3. The fourth-order valence-corrected chi connectivity index (χ4v) is 7.80. The molecule has 4 aromatic rings. The molecule has 3 saturated heterocycles. The van der Waals surface area contributed by atoms with Crippen molar-refractivity contribution in [2.75, 3.05) is 55.0 Å². The number of carbonyl (C=O) groups is 4. The van der Waals surface area contributed by atoms with E-state index in [9.17, 15) is 24.0 Å². The van der Waals surface area contributed by atoms with Gasteiger partial charge in [0.15, 0.2) is 18.2 Å². The number of carbonyl (C=O) groups excluding carboxylic acids is 4. The minimum atomic E-state index is -0.637. The van der Waals surface area contributed by atoms with Gasteiger partial charge in [-0.15, -0.1) is 0 Å². The van der Waals surface area contributed by atoms with Crippen molar-refractivity contribution in [3.8, 4) is 5.75 Å². The van der Waals surface area contributed by atoms with Gasteiger partial charge in [0, 0.05) is 81.0 Å². The van der Waals surface area contributed by atoms with E-state index in [2.05, 4.69) is 36.8 Å². The van der Waals surface area contributed by atoms with E-state index < -0.39 is 11.9 Å². The molecule has 0 aliphatic carbocycles. The first kappa shape index (κ1) is 33.4. The largest absolute Gasteiger partial charge is 0.478 e. The molecule has 0 bridgehead atoms. The van der Waals surface area contributed by atoms with Crippen molar-refractivity contribution in [1.29, 1.82) is 0 Å². The standard InChI is InChI=1S/C36H36ClN9O6/c1-38-30(48)16-52-28-13-20-11-22(3-6-26(20)43(2)34(28)51)40-31-25(37)14-39-35(42-31)45-18-36(19-45)9-10-44(17-36)23-4-5-24-21(12-23)15-46(33(24)50)27-7-8-29(47)41-32(27)49/h3-6,11-14,27H,7-10,15-19H2,1-2H3,(H,38,48)(H,39,40,42)(H,41,47,49). The smallest absolute Gasteiger partial charge is 0.293 e. The number of imide groups is 1. The third kappa shape index (κ3) is 5.93. The van der Waals surface area contributed by atoms with Crippen LogP contribution in [0.25, 0.3) is 10.9 Å². The number of ether oxygens (including phenoxy) is 1. The number of rotatable bonds is 8. The summed E-state index contributed by atoms with van der Waals surface area (Å²) < 4.78 is 6.96. The van der Waals surface area contributed by atoms with Gasteiger partial charge in [-0.05, 0) is 60.9 Å². The van der Waals surface area contributed by atoms with Crippen LogP contribution < -0.4 is 36.0 Å². The monoisotopic (exact) mass is 725 g/mol. The second kappa shape index (κ2) is 12.8. The fourth-order valence-electron chi connectivity index (χ4n) is 7.66. The molecule has 0 radical (unpaired) electrons. The van der Waals surface area contributed by atoms with Gasteiger partial charge < -0.3 is 34.6 Å². The number of aryl methyl sites for hydroxylation is 1. The Balaban J connectivity index is 0.925. The summed E-state index contributed by atoms with van der Waals surface area (Å²) in [5.41, 5.74) is 3.64. The molecule has 1 unspecified atom stereocenters. The number of halogens is 1. The average Bonchev–Trinajstić information content (AvgIpc) is 3.71. The zero-order valence-electron chi connectivity index (χ0n) is 28.6. The molecule has 0 saturated carbocycles. The number of nitrogens with one attached hydrogen (secondary N) is 3. The van der Waals surface area contributed by atoms with E-state index in [0.29, 0.717) is 46.5 Å². The fraction of sp³-hybridized carbons (Fsp3) is 0.361. The van der Waals surface area contributed by atoms with Gasteiger partial charge in [0.1, 0.15) is 11.1 Å². The number of hydrogen-bond donors (Lipinski definition) is 3. The Labute approximate surface area is 302 Å². The van der Waals surface area contributed by atoms with Crippen LogP contribution in [0.1, 0.15) is 35.2 Å². The van der Waals surface area contributed by atoms with Crippen LogP contribution in [0.2, 0.25) is 5.02 Å². The minimum absolute atomic E-state index is 0.0655. The highest BCUT2D eigenvalue weighted by Crippen LogP contribution is 2.43. The maximum Gasteiger partial charge on any atom is 0.293 e. The zero-order chi connectivity index (χ0) is 36.3. The second-order valence-electron chi connectivity index (χ2n) is 13.9.